The van der Waals surface area contributed by atoms with Gasteiger partial charge in [-0.1, -0.05) is 17.4 Å². The van der Waals surface area contributed by atoms with Crippen LogP contribution in [0.1, 0.15) is 23.2 Å². The molecule has 2 heterocycles. The van der Waals surface area contributed by atoms with E-state index in [1.807, 2.05) is 12.1 Å². The number of fused-ring (bicyclic) bond motifs is 1. The predicted molar refractivity (Wildman–Crippen MR) is 123 cm³/mol. The SMILES string of the molecule is COc1cc(C(=O)N(CC2CCCO2)c2nc3c(OC)cccc3s2)c([N+](=O)[O-])cc1OC. The second-order valence-corrected chi connectivity index (χ2v) is 8.34. The Kier molecular flexibility index (Phi) is 6.61. The summed E-state index contributed by atoms with van der Waals surface area (Å²) in [5.41, 5.74) is 0.113. The molecule has 4 rings (SSSR count). The number of aromatic nitrogens is 1. The minimum atomic E-state index is -0.610. The zero-order valence-corrected chi connectivity index (χ0v) is 19.2. The van der Waals surface area contributed by atoms with E-state index in [1.54, 1.807) is 13.2 Å². The number of carbonyl (C=O) groups excluding carboxylic acids is 1. The van der Waals surface area contributed by atoms with Gasteiger partial charge in [0, 0.05) is 12.7 Å². The Morgan fingerprint density at radius 1 is 1.21 bits per heavy atom. The van der Waals surface area contributed by atoms with E-state index in [1.165, 1.54) is 42.6 Å². The maximum atomic E-state index is 13.8. The minimum Gasteiger partial charge on any atom is -0.494 e. The molecule has 0 radical (unpaired) electrons. The van der Waals surface area contributed by atoms with Gasteiger partial charge in [-0.25, -0.2) is 4.98 Å². The minimum absolute atomic E-state index is 0.123. The summed E-state index contributed by atoms with van der Waals surface area (Å²) in [5, 5.41) is 12.2. The molecule has 33 heavy (non-hydrogen) atoms. The largest absolute Gasteiger partial charge is 0.494 e. The number of carbonyl (C=O) groups is 1. The molecular formula is C22H23N3O7S. The second kappa shape index (κ2) is 9.59. The van der Waals surface area contributed by atoms with Crippen LogP contribution in [-0.2, 0) is 4.74 Å². The van der Waals surface area contributed by atoms with Crippen molar-refractivity contribution in [1.82, 2.24) is 4.98 Å². The van der Waals surface area contributed by atoms with Crippen molar-refractivity contribution in [2.45, 2.75) is 18.9 Å². The molecule has 10 nitrogen and oxygen atoms in total. The standard InChI is InChI=1S/C22H23N3O7S/c1-29-16-7-4-8-19-20(16)23-22(33-19)24(12-13-6-5-9-32-13)21(26)14-10-17(30-2)18(31-3)11-15(14)25(27)28/h4,7-8,10-11,13H,5-6,9,12H2,1-3H3. The summed E-state index contributed by atoms with van der Waals surface area (Å²) in [6.45, 7) is 0.823. The molecule has 1 aliphatic rings. The van der Waals surface area contributed by atoms with Crippen molar-refractivity contribution in [3.05, 3.63) is 46.0 Å². The number of benzene rings is 2. The summed E-state index contributed by atoms with van der Waals surface area (Å²) in [5.74, 6) is 0.387. The Morgan fingerprint density at radius 2 is 1.94 bits per heavy atom. The average molecular weight is 474 g/mol. The van der Waals surface area contributed by atoms with Gasteiger partial charge in [-0.2, -0.15) is 0 Å². The number of ether oxygens (including phenoxy) is 4. The molecule has 1 amide bonds. The van der Waals surface area contributed by atoms with Gasteiger partial charge in [0.25, 0.3) is 11.6 Å². The fraction of sp³-hybridized carbons (Fsp3) is 0.364. The van der Waals surface area contributed by atoms with Gasteiger partial charge in [-0.05, 0) is 25.0 Å². The molecule has 1 fully saturated rings. The number of anilines is 1. The molecule has 3 aromatic rings. The Balaban J connectivity index is 1.83. The molecule has 0 bridgehead atoms. The third kappa shape index (κ3) is 4.41. The molecule has 0 aliphatic carbocycles. The highest BCUT2D eigenvalue weighted by Crippen LogP contribution is 2.38. The zero-order valence-electron chi connectivity index (χ0n) is 18.4. The van der Waals surface area contributed by atoms with Gasteiger partial charge in [0.05, 0.1) is 49.7 Å². The van der Waals surface area contributed by atoms with Crippen LogP contribution in [0, 0.1) is 10.1 Å². The molecule has 0 N–H and O–H groups in total. The molecule has 1 aromatic heterocycles. The molecule has 1 aliphatic heterocycles. The highest BCUT2D eigenvalue weighted by Gasteiger charge is 2.32. The Bertz CT molecular complexity index is 1190. The average Bonchev–Trinajstić information content (AvgIpc) is 3.50. The molecule has 11 heteroatoms. The third-order valence-electron chi connectivity index (χ3n) is 5.41. The number of nitro groups is 1. The normalized spacial score (nSPS) is 15.4. The van der Waals surface area contributed by atoms with Crippen LogP contribution >= 0.6 is 11.3 Å². The first-order valence-electron chi connectivity index (χ1n) is 10.2. The van der Waals surface area contributed by atoms with E-state index in [4.69, 9.17) is 18.9 Å². The topological polar surface area (TPSA) is 113 Å². The molecule has 0 spiro atoms. The van der Waals surface area contributed by atoms with E-state index in [0.717, 1.165) is 17.5 Å². The molecular weight excluding hydrogens is 450 g/mol. The number of hydrogen-bond donors (Lipinski definition) is 0. The van der Waals surface area contributed by atoms with E-state index in [2.05, 4.69) is 4.98 Å². The first kappa shape index (κ1) is 22.7. The number of methoxy groups -OCH3 is 3. The van der Waals surface area contributed by atoms with E-state index in [9.17, 15) is 14.9 Å². The molecule has 174 valence electrons. The highest BCUT2D eigenvalue weighted by atomic mass is 32.1. The molecule has 1 saturated heterocycles. The lowest BCUT2D eigenvalue weighted by atomic mass is 10.1. The van der Waals surface area contributed by atoms with Crippen molar-refractivity contribution in [2.24, 2.45) is 0 Å². The van der Waals surface area contributed by atoms with E-state index in [-0.39, 0.29) is 35.4 Å². The molecule has 1 unspecified atom stereocenters. The van der Waals surface area contributed by atoms with Gasteiger partial charge < -0.3 is 18.9 Å². The van der Waals surface area contributed by atoms with E-state index < -0.39 is 10.8 Å². The zero-order chi connectivity index (χ0) is 23.5. The number of amides is 1. The van der Waals surface area contributed by atoms with Gasteiger partial charge >= 0.3 is 0 Å². The lowest BCUT2D eigenvalue weighted by Crippen LogP contribution is -2.37. The Labute approximate surface area is 193 Å². The van der Waals surface area contributed by atoms with Crippen LogP contribution in [-0.4, -0.2) is 56.4 Å². The van der Waals surface area contributed by atoms with Crippen molar-refractivity contribution in [1.29, 1.82) is 0 Å². The van der Waals surface area contributed by atoms with Crippen LogP contribution in [0.3, 0.4) is 0 Å². The van der Waals surface area contributed by atoms with Gasteiger partial charge in [0.1, 0.15) is 16.8 Å². The predicted octanol–water partition coefficient (Wildman–Crippen LogP) is 4.06. The van der Waals surface area contributed by atoms with Crippen molar-refractivity contribution in [3.63, 3.8) is 0 Å². The summed E-state index contributed by atoms with van der Waals surface area (Å²) in [6, 6.07) is 8.03. The summed E-state index contributed by atoms with van der Waals surface area (Å²) in [4.78, 5) is 31.0. The monoisotopic (exact) mass is 473 g/mol. The summed E-state index contributed by atoms with van der Waals surface area (Å²) in [7, 11) is 4.33. The molecule has 1 atom stereocenters. The van der Waals surface area contributed by atoms with E-state index in [0.29, 0.717) is 23.0 Å². The number of nitrogens with zero attached hydrogens (tertiary/aromatic N) is 3. The molecule has 0 saturated carbocycles. The summed E-state index contributed by atoms with van der Waals surface area (Å²) >= 11 is 1.31. The van der Waals surface area contributed by atoms with Gasteiger partial charge in [0.2, 0.25) is 0 Å². The van der Waals surface area contributed by atoms with Crippen LogP contribution in [0.4, 0.5) is 10.8 Å². The smallest absolute Gasteiger partial charge is 0.286 e. The quantitative estimate of drug-likeness (QED) is 0.356. The van der Waals surface area contributed by atoms with Crippen molar-refractivity contribution in [3.8, 4) is 17.2 Å². The van der Waals surface area contributed by atoms with Crippen molar-refractivity contribution in [2.75, 3.05) is 39.4 Å². The van der Waals surface area contributed by atoms with Crippen LogP contribution in [0.2, 0.25) is 0 Å². The summed E-state index contributed by atoms with van der Waals surface area (Å²) < 4.78 is 22.4. The third-order valence-corrected chi connectivity index (χ3v) is 6.45. The lowest BCUT2D eigenvalue weighted by molar-refractivity contribution is -0.385. The lowest BCUT2D eigenvalue weighted by Gasteiger charge is -2.23. The maximum absolute atomic E-state index is 13.8. The Morgan fingerprint density at radius 3 is 2.58 bits per heavy atom. The van der Waals surface area contributed by atoms with Gasteiger partial charge in [0.15, 0.2) is 16.6 Å². The van der Waals surface area contributed by atoms with E-state index >= 15 is 0 Å². The first-order valence-corrected chi connectivity index (χ1v) is 11.1. The van der Waals surface area contributed by atoms with Crippen LogP contribution in [0.25, 0.3) is 10.2 Å². The van der Waals surface area contributed by atoms with Crippen LogP contribution < -0.4 is 19.1 Å². The number of para-hydroxylation sites is 1. The molecule has 2 aromatic carbocycles. The maximum Gasteiger partial charge on any atom is 0.286 e. The number of nitro benzene ring substituents is 1. The number of hydrogen-bond acceptors (Lipinski definition) is 9. The summed E-state index contributed by atoms with van der Waals surface area (Å²) in [6.07, 6.45) is 1.48. The van der Waals surface area contributed by atoms with Gasteiger partial charge in [-0.3, -0.25) is 19.8 Å². The highest BCUT2D eigenvalue weighted by molar-refractivity contribution is 7.22. The number of thiazole rings is 1. The fourth-order valence-corrected chi connectivity index (χ4v) is 4.76. The first-order chi connectivity index (χ1) is 16.0. The Hall–Kier alpha value is -3.44. The number of rotatable bonds is 8. The van der Waals surface area contributed by atoms with Crippen LogP contribution in [0.15, 0.2) is 30.3 Å². The van der Waals surface area contributed by atoms with Crippen LogP contribution in [0.5, 0.6) is 17.2 Å². The fourth-order valence-electron chi connectivity index (χ4n) is 3.77. The van der Waals surface area contributed by atoms with Crippen molar-refractivity contribution < 1.29 is 28.7 Å². The second-order valence-electron chi connectivity index (χ2n) is 7.34. The van der Waals surface area contributed by atoms with Crippen molar-refractivity contribution >= 4 is 38.3 Å². The van der Waals surface area contributed by atoms with Gasteiger partial charge in [-0.15, -0.1) is 0 Å².